The lowest BCUT2D eigenvalue weighted by atomic mass is 9.84. The Morgan fingerprint density at radius 3 is 2.55 bits per heavy atom. The van der Waals surface area contributed by atoms with Crippen LogP contribution in [0.2, 0.25) is 0 Å². The first kappa shape index (κ1) is 16.3. The number of hydrogen-bond donors (Lipinski definition) is 2. The number of hydrogen-bond acceptors (Lipinski definition) is 3. The number of carbonyl (C=O) groups excluding carboxylic acids is 1. The molecule has 0 saturated carbocycles. The van der Waals surface area contributed by atoms with Crippen molar-refractivity contribution in [2.75, 3.05) is 5.32 Å². The third kappa shape index (κ3) is 3.08. The minimum absolute atomic E-state index is 0.0339. The molecule has 4 nitrogen and oxygen atoms in total. The van der Waals surface area contributed by atoms with Crippen molar-refractivity contribution in [1.29, 1.82) is 0 Å². The Labute approximate surface area is 126 Å². The number of hydrazone groups is 1. The highest BCUT2D eigenvalue weighted by Crippen LogP contribution is 2.40. The van der Waals surface area contributed by atoms with Crippen LogP contribution in [0.4, 0.5) is 18.9 Å². The Kier molecular flexibility index (Phi) is 3.93. The SMILES string of the molecule is CC(=O)N/N=C1/Cc2c(C(F)(F)F)ccc(C)c2NC1(C)C. The van der Waals surface area contributed by atoms with Crippen LogP contribution >= 0.6 is 0 Å². The van der Waals surface area contributed by atoms with Gasteiger partial charge >= 0.3 is 6.18 Å². The largest absolute Gasteiger partial charge is 0.416 e. The van der Waals surface area contributed by atoms with Crippen molar-refractivity contribution in [1.82, 2.24) is 5.43 Å². The number of alkyl halides is 3. The summed E-state index contributed by atoms with van der Waals surface area (Å²) in [6, 6.07) is 2.55. The van der Waals surface area contributed by atoms with Gasteiger partial charge in [0, 0.05) is 19.0 Å². The fourth-order valence-corrected chi connectivity index (χ4v) is 2.49. The number of anilines is 1. The van der Waals surface area contributed by atoms with Crippen LogP contribution in [-0.2, 0) is 17.4 Å². The molecule has 1 heterocycles. The molecule has 0 atom stereocenters. The summed E-state index contributed by atoms with van der Waals surface area (Å²) in [6.07, 6.45) is -4.40. The van der Waals surface area contributed by atoms with E-state index in [0.29, 0.717) is 11.4 Å². The van der Waals surface area contributed by atoms with E-state index >= 15 is 0 Å². The van der Waals surface area contributed by atoms with Gasteiger partial charge in [0.05, 0.1) is 16.8 Å². The third-order valence-electron chi connectivity index (χ3n) is 3.68. The summed E-state index contributed by atoms with van der Waals surface area (Å²) < 4.78 is 39.6. The molecule has 1 amide bonds. The van der Waals surface area contributed by atoms with E-state index in [4.69, 9.17) is 0 Å². The molecule has 0 radical (unpaired) electrons. The van der Waals surface area contributed by atoms with Gasteiger partial charge in [-0.25, -0.2) is 5.43 Å². The second kappa shape index (κ2) is 5.30. The summed E-state index contributed by atoms with van der Waals surface area (Å²) in [6.45, 7) is 6.69. The van der Waals surface area contributed by atoms with Crippen LogP contribution in [0.3, 0.4) is 0 Å². The van der Waals surface area contributed by atoms with E-state index in [1.807, 2.05) is 13.8 Å². The van der Waals surface area contributed by atoms with E-state index in [1.165, 1.54) is 13.0 Å². The molecule has 1 aliphatic rings. The second-order valence-corrected chi connectivity index (χ2v) is 5.93. The normalized spacial score (nSPS) is 18.6. The third-order valence-corrected chi connectivity index (χ3v) is 3.68. The van der Waals surface area contributed by atoms with Gasteiger partial charge in [-0.2, -0.15) is 18.3 Å². The fourth-order valence-electron chi connectivity index (χ4n) is 2.49. The van der Waals surface area contributed by atoms with Crippen LogP contribution in [0.15, 0.2) is 17.2 Å². The Morgan fingerprint density at radius 2 is 2.00 bits per heavy atom. The van der Waals surface area contributed by atoms with Crippen LogP contribution in [-0.4, -0.2) is 17.2 Å². The quantitative estimate of drug-likeness (QED) is 0.782. The monoisotopic (exact) mass is 313 g/mol. The highest BCUT2D eigenvalue weighted by molar-refractivity contribution is 6.01. The van der Waals surface area contributed by atoms with Gasteiger partial charge in [-0.1, -0.05) is 6.07 Å². The van der Waals surface area contributed by atoms with Crippen LogP contribution in [0.25, 0.3) is 0 Å². The highest BCUT2D eigenvalue weighted by atomic mass is 19.4. The van der Waals surface area contributed by atoms with Crippen molar-refractivity contribution < 1.29 is 18.0 Å². The topological polar surface area (TPSA) is 53.5 Å². The molecule has 1 aliphatic heterocycles. The minimum Gasteiger partial charge on any atom is -0.374 e. The van der Waals surface area contributed by atoms with Gasteiger partial charge in [-0.15, -0.1) is 0 Å². The average molecular weight is 313 g/mol. The highest BCUT2D eigenvalue weighted by Gasteiger charge is 2.40. The molecule has 1 aromatic rings. The standard InChI is InChI=1S/C15H18F3N3O/c1-8-5-6-11(15(16,17)18)10-7-12(21-20-9(2)22)14(3,4)19-13(8)10/h5-6,19H,7H2,1-4H3,(H,20,22)/b21-12-. The number of amides is 1. The zero-order chi connectivity index (χ0) is 16.7. The van der Waals surface area contributed by atoms with Gasteiger partial charge in [-0.3, -0.25) is 4.79 Å². The minimum atomic E-state index is -4.43. The number of nitrogens with one attached hydrogen (secondary N) is 2. The van der Waals surface area contributed by atoms with Crippen LogP contribution in [0.5, 0.6) is 0 Å². The Balaban J connectivity index is 2.56. The number of aryl methyl sites for hydroxylation is 1. The summed E-state index contributed by atoms with van der Waals surface area (Å²) >= 11 is 0. The number of benzene rings is 1. The van der Waals surface area contributed by atoms with Crippen molar-refractivity contribution in [2.45, 2.75) is 45.8 Å². The first-order valence-electron chi connectivity index (χ1n) is 6.84. The zero-order valence-corrected chi connectivity index (χ0v) is 12.9. The van der Waals surface area contributed by atoms with E-state index in [9.17, 15) is 18.0 Å². The maximum Gasteiger partial charge on any atom is 0.416 e. The lowest BCUT2D eigenvalue weighted by Crippen LogP contribution is -2.46. The lowest BCUT2D eigenvalue weighted by Gasteiger charge is -2.37. The smallest absolute Gasteiger partial charge is 0.374 e. The van der Waals surface area contributed by atoms with E-state index in [-0.39, 0.29) is 17.9 Å². The van der Waals surface area contributed by atoms with Gasteiger partial charge in [-0.05, 0) is 38.0 Å². The number of nitrogens with zero attached hydrogens (tertiary/aromatic N) is 1. The van der Waals surface area contributed by atoms with Gasteiger partial charge in [0.1, 0.15) is 0 Å². The summed E-state index contributed by atoms with van der Waals surface area (Å²) in [5, 5.41) is 7.08. The Morgan fingerprint density at radius 1 is 1.36 bits per heavy atom. The maximum atomic E-state index is 13.2. The summed E-state index contributed by atoms with van der Waals surface area (Å²) in [5.74, 6) is -0.366. The summed E-state index contributed by atoms with van der Waals surface area (Å²) in [4.78, 5) is 11.0. The van der Waals surface area contributed by atoms with E-state index in [1.54, 1.807) is 6.92 Å². The lowest BCUT2D eigenvalue weighted by molar-refractivity contribution is -0.138. The summed E-state index contributed by atoms with van der Waals surface area (Å²) in [7, 11) is 0. The van der Waals surface area contributed by atoms with Crippen LogP contribution in [0.1, 0.15) is 37.5 Å². The van der Waals surface area contributed by atoms with Crippen molar-refractivity contribution in [3.63, 3.8) is 0 Å². The predicted octanol–water partition coefficient (Wildman–Crippen LogP) is 3.25. The number of rotatable bonds is 1. The zero-order valence-electron chi connectivity index (χ0n) is 12.9. The average Bonchev–Trinajstić information content (AvgIpc) is 2.35. The van der Waals surface area contributed by atoms with Crippen molar-refractivity contribution in [3.8, 4) is 0 Å². The number of halogens is 3. The fraction of sp³-hybridized carbons (Fsp3) is 0.467. The van der Waals surface area contributed by atoms with E-state index in [2.05, 4.69) is 15.8 Å². The van der Waals surface area contributed by atoms with Crippen molar-refractivity contribution in [3.05, 3.63) is 28.8 Å². The molecule has 0 unspecified atom stereocenters. The first-order valence-corrected chi connectivity index (χ1v) is 6.84. The van der Waals surface area contributed by atoms with Gasteiger partial charge < -0.3 is 5.32 Å². The molecule has 22 heavy (non-hydrogen) atoms. The van der Waals surface area contributed by atoms with Crippen LogP contribution < -0.4 is 10.7 Å². The Hall–Kier alpha value is -2.05. The van der Waals surface area contributed by atoms with Crippen LogP contribution in [0, 0.1) is 6.92 Å². The predicted molar refractivity (Wildman–Crippen MR) is 78.8 cm³/mol. The maximum absolute atomic E-state index is 13.2. The van der Waals surface area contributed by atoms with E-state index in [0.717, 1.165) is 11.6 Å². The second-order valence-electron chi connectivity index (χ2n) is 5.93. The molecule has 2 rings (SSSR count). The van der Waals surface area contributed by atoms with Gasteiger partial charge in [0.15, 0.2) is 0 Å². The number of carbonyl (C=O) groups is 1. The molecule has 0 aromatic heterocycles. The van der Waals surface area contributed by atoms with Crippen molar-refractivity contribution in [2.24, 2.45) is 5.10 Å². The molecular weight excluding hydrogens is 295 g/mol. The molecular formula is C15H18F3N3O. The molecule has 7 heteroatoms. The molecule has 0 bridgehead atoms. The first-order chi connectivity index (χ1) is 10.0. The molecule has 2 N–H and O–H groups in total. The molecule has 1 aromatic carbocycles. The Bertz CT molecular complexity index is 648. The molecule has 0 fully saturated rings. The van der Waals surface area contributed by atoms with Gasteiger partial charge in [0.25, 0.3) is 0 Å². The molecule has 0 spiro atoms. The molecule has 0 aliphatic carbocycles. The van der Waals surface area contributed by atoms with Gasteiger partial charge in [0.2, 0.25) is 5.91 Å². The van der Waals surface area contributed by atoms with E-state index < -0.39 is 17.3 Å². The van der Waals surface area contributed by atoms with Crippen molar-refractivity contribution >= 4 is 17.3 Å². The molecule has 120 valence electrons. The molecule has 0 saturated heterocycles. The summed E-state index contributed by atoms with van der Waals surface area (Å²) in [5.41, 5.74) is 2.83. The number of fused-ring (bicyclic) bond motifs is 1.